The van der Waals surface area contributed by atoms with Crippen LogP contribution in [0.1, 0.15) is 0 Å². The van der Waals surface area contributed by atoms with E-state index in [4.69, 9.17) is 4.55 Å². The van der Waals surface area contributed by atoms with Crippen molar-refractivity contribution in [3.05, 3.63) is 44.5 Å². The normalized spacial score (nSPS) is 10.0. The molecule has 10 heteroatoms. The van der Waals surface area contributed by atoms with E-state index >= 15 is 0 Å². The monoisotopic (exact) mass is 264 g/mol. The van der Waals surface area contributed by atoms with Crippen molar-refractivity contribution >= 4 is 21.5 Å². The third-order valence-corrected chi connectivity index (χ3v) is 1.25. The summed E-state index contributed by atoms with van der Waals surface area (Å²) < 4.78 is 25.9. The number of nitro groups is 2. The Morgan fingerprint density at radius 3 is 1.65 bits per heavy atom. The molecule has 0 aromatic heterocycles. The summed E-state index contributed by atoms with van der Waals surface area (Å²) in [4.78, 5) is 19.0. The summed E-state index contributed by atoms with van der Waals surface area (Å²) in [6, 6.07) is 4.59. The molecule has 1 aromatic rings. The SMILES string of the molecule is CS(=O)(=O)O.O=[N+]([O-])c1cccc([N+](=O)[O-])c1. The highest BCUT2D eigenvalue weighted by atomic mass is 32.2. The van der Waals surface area contributed by atoms with E-state index in [0.29, 0.717) is 6.26 Å². The zero-order valence-corrected chi connectivity index (χ0v) is 9.33. The topological polar surface area (TPSA) is 141 Å². The van der Waals surface area contributed by atoms with Crippen LogP contribution >= 0.6 is 0 Å². The Hall–Kier alpha value is -2.07. The van der Waals surface area contributed by atoms with Crippen LogP contribution in [-0.4, -0.2) is 29.1 Å². The first kappa shape index (κ1) is 14.9. The summed E-state index contributed by atoms with van der Waals surface area (Å²) in [5.41, 5.74) is -0.548. The third-order valence-electron chi connectivity index (χ3n) is 1.25. The van der Waals surface area contributed by atoms with E-state index in [2.05, 4.69) is 0 Å². The molecule has 0 spiro atoms. The largest absolute Gasteiger partial charge is 0.286 e. The van der Waals surface area contributed by atoms with Gasteiger partial charge in [0.1, 0.15) is 0 Å². The molecular formula is C7H8N2O7S. The second-order valence-corrected chi connectivity index (χ2v) is 4.23. The van der Waals surface area contributed by atoms with E-state index in [9.17, 15) is 28.6 Å². The Morgan fingerprint density at radius 2 is 1.41 bits per heavy atom. The average Bonchev–Trinajstić information content (AvgIpc) is 2.15. The first-order valence-electron chi connectivity index (χ1n) is 3.92. The minimum absolute atomic E-state index is 0.274. The lowest BCUT2D eigenvalue weighted by Crippen LogP contribution is -1.91. The number of benzene rings is 1. The van der Waals surface area contributed by atoms with Crippen LogP contribution in [0.3, 0.4) is 0 Å². The van der Waals surface area contributed by atoms with E-state index < -0.39 is 20.0 Å². The fourth-order valence-electron chi connectivity index (χ4n) is 0.720. The zero-order valence-electron chi connectivity index (χ0n) is 8.51. The second kappa shape index (κ2) is 5.86. The van der Waals surface area contributed by atoms with Crippen molar-refractivity contribution in [2.45, 2.75) is 0 Å². The van der Waals surface area contributed by atoms with Gasteiger partial charge in [-0.05, 0) is 6.07 Å². The molecule has 1 aromatic carbocycles. The summed E-state index contributed by atoms with van der Waals surface area (Å²) in [5.74, 6) is 0. The van der Waals surface area contributed by atoms with Crippen LogP contribution in [0.25, 0.3) is 0 Å². The van der Waals surface area contributed by atoms with E-state index in [1.165, 1.54) is 18.2 Å². The van der Waals surface area contributed by atoms with Crippen molar-refractivity contribution in [3.63, 3.8) is 0 Å². The minimum Gasteiger partial charge on any atom is -0.286 e. The van der Waals surface area contributed by atoms with E-state index in [1.807, 2.05) is 0 Å². The highest BCUT2D eigenvalue weighted by Gasteiger charge is 2.11. The molecule has 0 fully saturated rings. The van der Waals surface area contributed by atoms with Gasteiger partial charge in [-0.15, -0.1) is 0 Å². The molecule has 0 heterocycles. The summed E-state index contributed by atoms with van der Waals surface area (Å²) in [5, 5.41) is 20.3. The lowest BCUT2D eigenvalue weighted by atomic mass is 10.3. The third kappa shape index (κ3) is 7.81. The van der Waals surface area contributed by atoms with Crippen molar-refractivity contribution in [3.8, 4) is 0 Å². The van der Waals surface area contributed by atoms with Crippen molar-refractivity contribution in [1.29, 1.82) is 0 Å². The van der Waals surface area contributed by atoms with Gasteiger partial charge in [-0.25, -0.2) is 0 Å². The molecule has 0 bridgehead atoms. The lowest BCUT2D eigenvalue weighted by molar-refractivity contribution is -0.394. The standard InChI is InChI=1S/C6H4N2O4.CH4O3S/c9-7(10)5-2-1-3-6(4-5)8(11)12;1-5(2,3)4/h1-4H;1H3,(H,2,3,4). The summed E-state index contributed by atoms with van der Waals surface area (Å²) in [6.07, 6.45) is 0.715. The molecular weight excluding hydrogens is 256 g/mol. The second-order valence-electron chi connectivity index (χ2n) is 2.77. The summed E-state index contributed by atoms with van der Waals surface area (Å²) in [7, 11) is -3.67. The van der Waals surface area contributed by atoms with Crippen molar-refractivity contribution < 1.29 is 22.8 Å². The van der Waals surface area contributed by atoms with Crippen LogP contribution in [0.4, 0.5) is 11.4 Å². The number of nitro benzene ring substituents is 2. The number of non-ortho nitro benzene ring substituents is 2. The Labute approximate surface area is 95.7 Å². The first-order valence-corrected chi connectivity index (χ1v) is 5.77. The highest BCUT2D eigenvalue weighted by molar-refractivity contribution is 7.85. The first-order chi connectivity index (χ1) is 7.61. The smallest absolute Gasteiger partial charge is 0.276 e. The average molecular weight is 264 g/mol. The molecule has 0 saturated carbocycles. The highest BCUT2D eigenvalue weighted by Crippen LogP contribution is 2.18. The molecule has 0 radical (unpaired) electrons. The molecule has 0 aliphatic carbocycles. The molecule has 0 saturated heterocycles. The molecule has 17 heavy (non-hydrogen) atoms. The van der Waals surface area contributed by atoms with E-state index in [1.54, 1.807) is 0 Å². The summed E-state index contributed by atoms with van der Waals surface area (Å²) in [6.45, 7) is 0. The molecule has 0 aliphatic heterocycles. The Balaban J connectivity index is 0.000000437. The van der Waals surface area contributed by atoms with Gasteiger partial charge in [0.15, 0.2) is 0 Å². The number of nitrogens with zero attached hydrogens (tertiary/aromatic N) is 2. The van der Waals surface area contributed by atoms with Crippen LogP contribution in [0, 0.1) is 20.2 Å². The van der Waals surface area contributed by atoms with Gasteiger partial charge >= 0.3 is 0 Å². The van der Waals surface area contributed by atoms with Gasteiger partial charge in [-0.1, -0.05) is 0 Å². The molecule has 0 unspecified atom stereocenters. The Morgan fingerprint density at radius 1 is 1.12 bits per heavy atom. The predicted octanol–water partition coefficient (Wildman–Crippen LogP) is 1.01. The lowest BCUT2D eigenvalue weighted by Gasteiger charge is -1.90. The maximum atomic E-state index is 10.2. The van der Waals surface area contributed by atoms with Crippen LogP contribution in [0.2, 0.25) is 0 Å². The van der Waals surface area contributed by atoms with E-state index in [-0.39, 0.29) is 11.4 Å². The summed E-state index contributed by atoms with van der Waals surface area (Å²) >= 11 is 0. The maximum absolute atomic E-state index is 10.2. The fourth-order valence-corrected chi connectivity index (χ4v) is 0.720. The van der Waals surface area contributed by atoms with Gasteiger partial charge in [0.25, 0.3) is 21.5 Å². The molecule has 0 amide bonds. The predicted molar refractivity (Wildman–Crippen MR) is 57.2 cm³/mol. The van der Waals surface area contributed by atoms with Gasteiger partial charge in [0.2, 0.25) is 0 Å². The van der Waals surface area contributed by atoms with Crippen LogP contribution in [0.15, 0.2) is 24.3 Å². The molecule has 1 rings (SSSR count). The van der Waals surface area contributed by atoms with E-state index in [0.717, 1.165) is 6.07 Å². The van der Waals surface area contributed by atoms with Crippen LogP contribution in [0.5, 0.6) is 0 Å². The van der Waals surface area contributed by atoms with Gasteiger partial charge < -0.3 is 0 Å². The van der Waals surface area contributed by atoms with Crippen molar-refractivity contribution in [2.24, 2.45) is 0 Å². The number of hydrogen-bond acceptors (Lipinski definition) is 6. The number of hydrogen-bond donors (Lipinski definition) is 1. The van der Waals surface area contributed by atoms with Gasteiger partial charge in [0.05, 0.1) is 22.2 Å². The molecule has 1 N–H and O–H groups in total. The van der Waals surface area contributed by atoms with Gasteiger partial charge in [-0.3, -0.25) is 24.8 Å². The minimum atomic E-state index is -3.67. The quantitative estimate of drug-likeness (QED) is 0.477. The number of rotatable bonds is 2. The fraction of sp³-hybridized carbons (Fsp3) is 0.143. The van der Waals surface area contributed by atoms with Crippen LogP contribution < -0.4 is 0 Å². The maximum Gasteiger partial charge on any atom is 0.276 e. The van der Waals surface area contributed by atoms with Crippen LogP contribution in [-0.2, 0) is 10.1 Å². The molecule has 0 atom stereocenters. The molecule has 0 aliphatic rings. The Bertz CT molecular complexity index is 488. The molecule has 9 nitrogen and oxygen atoms in total. The Kier molecular flexibility index (Phi) is 5.15. The zero-order chi connectivity index (χ0) is 13.6. The molecule has 94 valence electrons. The van der Waals surface area contributed by atoms with Crippen molar-refractivity contribution in [1.82, 2.24) is 0 Å². The van der Waals surface area contributed by atoms with Gasteiger partial charge in [-0.2, -0.15) is 8.42 Å². The van der Waals surface area contributed by atoms with Crippen molar-refractivity contribution in [2.75, 3.05) is 6.26 Å². The van der Waals surface area contributed by atoms with Gasteiger partial charge in [0, 0.05) is 12.1 Å².